The van der Waals surface area contributed by atoms with Gasteiger partial charge in [-0.2, -0.15) is 0 Å². The number of fused-ring (bicyclic) bond motifs is 1. The molecule has 0 bridgehead atoms. The Kier molecular flexibility index (Phi) is 5.15. The highest BCUT2D eigenvalue weighted by Gasteiger charge is 2.34. The third-order valence-corrected chi connectivity index (χ3v) is 5.71. The van der Waals surface area contributed by atoms with Gasteiger partial charge in [0.15, 0.2) is 4.98 Å². The highest BCUT2D eigenvalue weighted by atomic mass is 32.2. The molecule has 0 unspecified atom stereocenters. The van der Waals surface area contributed by atoms with Crippen LogP contribution in [0.25, 0.3) is 21.6 Å². The van der Waals surface area contributed by atoms with E-state index in [4.69, 9.17) is 10.1 Å². The fraction of sp³-hybridized carbons (Fsp3) is 0.105. The van der Waals surface area contributed by atoms with Gasteiger partial charge in [-0.25, -0.2) is 17.2 Å². The van der Waals surface area contributed by atoms with Crippen molar-refractivity contribution in [2.24, 2.45) is 0 Å². The van der Waals surface area contributed by atoms with Crippen molar-refractivity contribution in [3.63, 3.8) is 0 Å². The van der Waals surface area contributed by atoms with E-state index >= 15 is 0 Å². The summed E-state index contributed by atoms with van der Waals surface area (Å²) >= 11 is 0. The molecular formula is C19H16N3O5S+. The lowest BCUT2D eigenvalue weighted by atomic mass is 10.1. The Morgan fingerprint density at radius 2 is 1.79 bits per heavy atom. The fourth-order valence-electron chi connectivity index (χ4n) is 2.76. The molecular weight excluding hydrogens is 382 g/mol. The second kappa shape index (κ2) is 7.54. The number of hydrogen-bond donors (Lipinski definition) is 1. The van der Waals surface area contributed by atoms with Crippen LogP contribution in [0.2, 0.25) is 0 Å². The molecule has 0 aliphatic rings. The van der Waals surface area contributed by atoms with Crippen LogP contribution in [0.1, 0.15) is 12.5 Å². The molecule has 1 aromatic heterocycles. The van der Waals surface area contributed by atoms with E-state index in [9.17, 15) is 18.3 Å². The zero-order chi connectivity index (χ0) is 20.3. The van der Waals surface area contributed by atoms with Gasteiger partial charge in [-0.05, 0) is 25.1 Å². The number of aromatic nitrogens is 1. The zero-order valence-corrected chi connectivity index (χ0v) is 15.6. The number of carbonyl (C=O) groups is 1. The molecule has 0 atom stereocenters. The monoisotopic (exact) mass is 398 g/mol. The predicted molar refractivity (Wildman–Crippen MR) is 102 cm³/mol. The second-order valence-corrected chi connectivity index (χ2v) is 7.51. The van der Waals surface area contributed by atoms with Crippen LogP contribution in [0.5, 0.6) is 0 Å². The number of rotatable bonds is 5. The van der Waals surface area contributed by atoms with Crippen molar-refractivity contribution in [2.75, 3.05) is 6.61 Å². The number of benzene rings is 2. The summed E-state index contributed by atoms with van der Waals surface area (Å²) in [6, 6.07) is 14.2. The minimum atomic E-state index is -3.97. The number of nitrogens with zero attached hydrogens (tertiary/aromatic N) is 3. The van der Waals surface area contributed by atoms with Gasteiger partial charge in [-0.15, -0.1) is 0 Å². The molecule has 1 heterocycles. The summed E-state index contributed by atoms with van der Waals surface area (Å²) in [5, 5.41) is 20.0. The van der Waals surface area contributed by atoms with E-state index in [1.54, 1.807) is 49.4 Å². The van der Waals surface area contributed by atoms with Crippen molar-refractivity contribution in [1.82, 2.24) is 3.97 Å². The largest absolute Gasteiger partial charge is 0.510 e. The van der Waals surface area contributed by atoms with E-state index in [1.807, 2.05) is 0 Å². The normalized spacial score (nSPS) is 12.3. The molecule has 0 saturated carbocycles. The molecule has 0 fully saturated rings. The minimum absolute atomic E-state index is 0.00921. The summed E-state index contributed by atoms with van der Waals surface area (Å²) in [4.78, 5) is 14.8. The van der Waals surface area contributed by atoms with Gasteiger partial charge in [0.1, 0.15) is 0 Å². The topological polar surface area (TPSA) is 114 Å². The van der Waals surface area contributed by atoms with Crippen LogP contribution >= 0.6 is 0 Å². The van der Waals surface area contributed by atoms with Gasteiger partial charge in [-0.3, -0.25) is 0 Å². The summed E-state index contributed by atoms with van der Waals surface area (Å²) < 4.78 is 31.9. The Labute approximate surface area is 161 Å². The molecule has 0 amide bonds. The van der Waals surface area contributed by atoms with Crippen LogP contribution < -0.4 is 0 Å². The first-order valence-corrected chi connectivity index (χ1v) is 9.72. The molecule has 2 aromatic carbocycles. The first kappa shape index (κ1) is 19.1. The summed E-state index contributed by atoms with van der Waals surface area (Å²) in [5.41, 5.74) is -0.424. The second-order valence-electron chi connectivity index (χ2n) is 5.69. The number of aliphatic hydroxyl groups is 1. The highest BCUT2D eigenvalue weighted by molar-refractivity contribution is 7.90. The van der Waals surface area contributed by atoms with Crippen LogP contribution in [0.15, 0.2) is 71.4 Å². The number of esters is 1. The molecule has 8 nitrogen and oxygen atoms in total. The quantitative estimate of drug-likeness (QED) is 0.304. The number of carbonyl (C=O) groups excluding carboxylic acids is 1. The first-order valence-electron chi connectivity index (χ1n) is 8.28. The van der Waals surface area contributed by atoms with E-state index in [0.29, 0.717) is 5.39 Å². The van der Waals surface area contributed by atoms with E-state index < -0.39 is 27.4 Å². The Bertz CT molecular complexity index is 1220. The molecule has 3 aromatic rings. The molecule has 28 heavy (non-hydrogen) atoms. The van der Waals surface area contributed by atoms with Crippen molar-refractivity contribution >= 4 is 32.7 Å². The number of aliphatic hydroxyl groups excluding tert-OH is 1. The van der Waals surface area contributed by atoms with E-state index in [0.717, 1.165) is 3.97 Å². The lowest BCUT2D eigenvalue weighted by Gasteiger charge is -2.07. The predicted octanol–water partition coefficient (Wildman–Crippen LogP) is 3.52. The Morgan fingerprint density at radius 1 is 1.14 bits per heavy atom. The van der Waals surface area contributed by atoms with Crippen LogP contribution in [-0.2, 0) is 19.6 Å². The number of para-hydroxylation sites is 1. The Morgan fingerprint density at radius 3 is 2.43 bits per heavy atom. The van der Waals surface area contributed by atoms with Crippen molar-refractivity contribution in [3.8, 4) is 0 Å². The standard InChI is InChI=1S/C19H15N3O5S/c1-2-27-19(24)17(21-20)18(23)15-12-22(16-11-7-6-10-14(15)16)28(25,26)13-8-4-3-5-9-13/h3-12H,2H2,1H3/p+1. The van der Waals surface area contributed by atoms with Crippen LogP contribution in [-0.4, -0.2) is 30.1 Å². The molecule has 0 saturated heterocycles. The van der Waals surface area contributed by atoms with Gasteiger partial charge in [0.05, 0.1) is 22.6 Å². The maximum atomic E-state index is 13.1. The third-order valence-electron chi connectivity index (χ3n) is 4.03. The van der Waals surface area contributed by atoms with E-state index in [2.05, 4.69) is 4.98 Å². The molecule has 0 spiro atoms. The van der Waals surface area contributed by atoms with Crippen molar-refractivity contribution in [2.45, 2.75) is 11.8 Å². The fourth-order valence-corrected chi connectivity index (χ4v) is 4.15. The van der Waals surface area contributed by atoms with Gasteiger partial charge in [0.25, 0.3) is 10.0 Å². The van der Waals surface area contributed by atoms with Gasteiger partial charge >= 0.3 is 11.7 Å². The molecule has 0 aliphatic heterocycles. The Balaban J connectivity index is 2.29. The van der Waals surface area contributed by atoms with Crippen molar-refractivity contribution < 1.29 is 23.1 Å². The number of diazo groups is 1. The minimum Gasteiger partial charge on any atom is -0.501 e. The first-order chi connectivity index (χ1) is 13.4. The van der Waals surface area contributed by atoms with Crippen molar-refractivity contribution in [3.05, 3.63) is 77.0 Å². The maximum Gasteiger partial charge on any atom is 0.510 e. The smallest absolute Gasteiger partial charge is 0.501 e. The lowest BCUT2D eigenvalue weighted by molar-refractivity contribution is -0.138. The van der Waals surface area contributed by atoms with Crippen LogP contribution in [0.4, 0.5) is 0 Å². The zero-order valence-electron chi connectivity index (χ0n) is 14.8. The molecule has 9 heteroatoms. The SMILES string of the molecule is CCOC(=O)/C([N+]#N)=C(\O)c1cn(S(=O)(=O)c2ccccc2)c2ccccc12. The third kappa shape index (κ3) is 3.21. The summed E-state index contributed by atoms with van der Waals surface area (Å²) in [6.45, 7) is 1.57. The maximum absolute atomic E-state index is 13.1. The van der Waals surface area contributed by atoms with Gasteiger partial charge in [-0.1, -0.05) is 36.4 Å². The van der Waals surface area contributed by atoms with Gasteiger partial charge in [0, 0.05) is 11.6 Å². The molecule has 1 N–H and O–H groups in total. The average molecular weight is 398 g/mol. The summed E-state index contributed by atoms with van der Waals surface area (Å²) in [5.74, 6) is -1.73. The highest BCUT2D eigenvalue weighted by Crippen LogP contribution is 2.31. The summed E-state index contributed by atoms with van der Waals surface area (Å²) in [6.07, 6.45) is 1.17. The van der Waals surface area contributed by atoms with E-state index in [1.165, 1.54) is 18.3 Å². The molecule has 142 valence electrons. The van der Waals surface area contributed by atoms with Crippen LogP contribution in [0.3, 0.4) is 0 Å². The van der Waals surface area contributed by atoms with Crippen LogP contribution in [0, 0.1) is 5.39 Å². The van der Waals surface area contributed by atoms with Gasteiger partial charge < -0.3 is 9.84 Å². The number of ether oxygens (including phenoxy) is 1. The number of hydrogen-bond acceptors (Lipinski definition) is 6. The summed E-state index contributed by atoms with van der Waals surface area (Å²) in [7, 11) is -3.97. The van der Waals surface area contributed by atoms with Gasteiger partial charge in [0.2, 0.25) is 11.2 Å². The van der Waals surface area contributed by atoms with Crippen molar-refractivity contribution in [1.29, 1.82) is 5.39 Å². The molecule has 0 radical (unpaired) electrons. The van der Waals surface area contributed by atoms with E-state index in [-0.39, 0.29) is 22.6 Å². The molecule has 3 rings (SSSR count). The lowest BCUT2D eigenvalue weighted by Crippen LogP contribution is -2.11. The average Bonchev–Trinajstić information content (AvgIpc) is 3.10. The Hall–Kier alpha value is -3.64. The molecule has 0 aliphatic carbocycles.